The quantitative estimate of drug-likeness (QED) is 0.883. The molecule has 1 aromatic heterocycles. The van der Waals surface area contributed by atoms with Gasteiger partial charge in [0.15, 0.2) is 0 Å². The minimum absolute atomic E-state index is 0.0511. The summed E-state index contributed by atoms with van der Waals surface area (Å²) in [5.74, 6) is 0.137. The summed E-state index contributed by atoms with van der Waals surface area (Å²) >= 11 is 0. The first kappa shape index (κ1) is 15.2. The van der Waals surface area contributed by atoms with Gasteiger partial charge in [0, 0.05) is 12.1 Å². The molecule has 2 aromatic rings. The molecular weight excluding hydrogens is 290 g/mol. The molecule has 0 bridgehead atoms. The Kier molecular flexibility index (Phi) is 4.35. The maximum atomic E-state index is 12.4. The second-order valence-electron chi connectivity index (χ2n) is 5.69. The zero-order valence-electron chi connectivity index (χ0n) is 12.5. The summed E-state index contributed by atoms with van der Waals surface area (Å²) in [7, 11) is 0. The lowest BCUT2D eigenvalue weighted by Gasteiger charge is -2.16. The van der Waals surface area contributed by atoms with Gasteiger partial charge in [-0.15, -0.1) is 0 Å². The third-order valence-electron chi connectivity index (χ3n) is 4.13. The summed E-state index contributed by atoms with van der Waals surface area (Å²) in [5, 5.41) is 21.1. The molecule has 23 heavy (non-hydrogen) atoms. The highest BCUT2D eigenvalue weighted by Gasteiger charge is 2.44. The third-order valence-corrected chi connectivity index (χ3v) is 4.13. The van der Waals surface area contributed by atoms with Gasteiger partial charge >= 0.3 is 0 Å². The zero-order chi connectivity index (χ0) is 16.2. The number of nitrogens with one attached hydrogen (secondary N) is 1. The largest absolute Gasteiger partial charge is 0.394 e. The van der Waals surface area contributed by atoms with E-state index in [9.17, 15) is 9.90 Å². The van der Waals surface area contributed by atoms with Gasteiger partial charge in [0.2, 0.25) is 5.91 Å². The van der Waals surface area contributed by atoms with Crippen LogP contribution in [0, 0.1) is 17.2 Å². The van der Waals surface area contributed by atoms with Crippen LogP contribution in [-0.4, -0.2) is 22.6 Å². The second kappa shape index (κ2) is 6.59. The Labute approximate surface area is 134 Å². The van der Waals surface area contributed by atoms with Crippen LogP contribution in [0.2, 0.25) is 0 Å². The van der Waals surface area contributed by atoms with Crippen molar-refractivity contribution in [3.05, 3.63) is 65.5 Å². The van der Waals surface area contributed by atoms with Gasteiger partial charge in [0.1, 0.15) is 6.07 Å². The van der Waals surface area contributed by atoms with E-state index >= 15 is 0 Å². The number of aromatic nitrogens is 1. The number of amides is 1. The molecule has 1 fully saturated rings. The number of carbonyl (C=O) groups is 1. The van der Waals surface area contributed by atoms with Crippen molar-refractivity contribution in [1.82, 2.24) is 10.3 Å². The van der Waals surface area contributed by atoms with Gasteiger partial charge in [-0.1, -0.05) is 30.3 Å². The van der Waals surface area contributed by atoms with Crippen molar-refractivity contribution in [1.29, 1.82) is 5.26 Å². The molecule has 3 rings (SSSR count). The number of benzene rings is 1. The highest BCUT2D eigenvalue weighted by Crippen LogP contribution is 2.47. The predicted octanol–water partition coefficient (Wildman–Crippen LogP) is 1.91. The molecule has 116 valence electrons. The van der Waals surface area contributed by atoms with Crippen molar-refractivity contribution < 1.29 is 9.90 Å². The molecule has 3 atom stereocenters. The molecule has 0 radical (unpaired) electrons. The molecule has 1 aliphatic rings. The topological polar surface area (TPSA) is 86.0 Å². The second-order valence-corrected chi connectivity index (χ2v) is 5.69. The lowest BCUT2D eigenvalue weighted by atomic mass is 10.1. The molecule has 0 saturated heterocycles. The van der Waals surface area contributed by atoms with Crippen molar-refractivity contribution in [2.75, 3.05) is 6.61 Å². The number of nitriles is 1. The highest BCUT2D eigenvalue weighted by molar-refractivity contribution is 5.83. The Bertz CT molecular complexity index is 722. The summed E-state index contributed by atoms with van der Waals surface area (Å²) in [5.41, 5.74) is 2.17. The van der Waals surface area contributed by atoms with Crippen LogP contribution in [0.5, 0.6) is 0 Å². The number of aliphatic hydroxyl groups is 1. The lowest BCUT2D eigenvalue weighted by Crippen LogP contribution is -2.32. The highest BCUT2D eigenvalue weighted by atomic mass is 16.3. The number of pyridine rings is 1. The summed E-state index contributed by atoms with van der Waals surface area (Å²) < 4.78 is 0. The predicted molar refractivity (Wildman–Crippen MR) is 84.2 cm³/mol. The van der Waals surface area contributed by atoms with E-state index in [2.05, 4.69) is 10.3 Å². The summed E-state index contributed by atoms with van der Waals surface area (Å²) in [6.07, 6.45) is 2.27. The number of aliphatic hydroxyl groups excluding tert-OH is 1. The van der Waals surface area contributed by atoms with Crippen LogP contribution in [0.4, 0.5) is 0 Å². The van der Waals surface area contributed by atoms with Crippen LogP contribution in [-0.2, 0) is 4.79 Å². The molecular formula is C18H17N3O2. The Morgan fingerprint density at radius 2 is 2.13 bits per heavy atom. The van der Waals surface area contributed by atoms with Gasteiger partial charge in [-0.3, -0.25) is 9.78 Å². The van der Waals surface area contributed by atoms with E-state index in [4.69, 9.17) is 5.26 Å². The Morgan fingerprint density at radius 1 is 1.35 bits per heavy atom. The van der Waals surface area contributed by atoms with Crippen molar-refractivity contribution in [2.24, 2.45) is 5.92 Å². The van der Waals surface area contributed by atoms with Crippen molar-refractivity contribution >= 4 is 5.91 Å². The number of rotatable bonds is 5. The Balaban J connectivity index is 1.63. The molecule has 1 heterocycles. The van der Waals surface area contributed by atoms with Gasteiger partial charge in [0.25, 0.3) is 0 Å². The molecule has 0 spiro atoms. The van der Waals surface area contributed by atoms with Gasteiger partial charge < -0.3 is 10.4 Å². The monoisotopic (exact) mass is 307 g/mol. The molecule has 1 amide bonds. The first-order valence-corrected chi connectivity index (χ1v) is 7.55. The van der Waals surface area contributed by atoms with Crippen molar-refractivity contribution in [2.45, 2.75) is 18.4 Å². The minimum Gasteiger partial charge on any atom is -0.394 e. The average Bonchev–Trinajstić information content (AvgIpc) is 3.41. The smallest absolute Gasteiger partial charge is 0.224 e. The van der Waals surface area contributed by atoms with Gasteiger partial charge in [0.05, 0.1) is 23.9 Å². The van der Waals surface area contributed by atoms with Crippen LogP contribution in [0.3, 0.4) is 0 Å². The van der Waals surface area contributed by atoms with E-state index in [0.717, 1.165) is 6.42 Å². The van der Waals surface area contributed by atoms with Crippen molar-refractivity contribution in [3.8, 4) is 6.07 Å². The fourth-order valence-corrected chi connectivity index (χ4v) is 2.72. The molecule has 2 N–H and O–H groups in total. The Morgan fingerprint density at radius 3 is 2.74 bits per heavy atom. The molecule has 1 saturated carbocycles. The first-order chi connectivity index (χ1) is 11.2. The van der Waals surface area contributed by atoms with Gasteiger partial charge in [-0.05, 0) is 30.0 Å². The SMILES string of the molecule is N#Cc1ccc(C(CO)NC(=O)C2CC2c2ccccc2)nc1. The average molecular weight is 307 g/mol. The molecule has 5 heteroatoms. The molecule has 0 aliphatic heterocycles. The molecule has 3 unspecified atom stereocenters. The van der Waals surface area contributed by atoms with E-state index in [0.29, 0.717) is 11.3 Å². The molecule has 5 nitrogen and oxygen atoms in total. The summed E-state index contributed by atoms with van der Waals surface area (Å²) in [6.45, 7) is -0.229. The fraction of sp³-hybridized carbons (Fsp3) is 0.278. The third kappa shape index (κ3) is 3.38. The van der Waals surface area contributed by atoms with E-state index in [1.165, 1.54) is 11.8 Å². The number of nitrogens with zero attached hydrogens (tertiary/aromatic N) is 2. The standard InChI is InChI=1S/C18H17N3O2/c19-9-12-6-7-16(20-10-12)17(11-22)21-18(23)15-8-14(15)13-4-2-1-3-5-13/h1-7,10,14-15,17,22H,8,11H2,(H,21,23). The number of hydrogen-bond donors (Lipinski definition) is 2. The van der Waals surface area contributed by atoms with E-state index in [1.54, 1.807) is 12.1 Å². The van der Waals surface area contributed by atoms with E-state index < -0.39 is 6.04 Å². The maximum Gasteiger partial charge on any atom is 0.224 e. The first-order valence-electron chi connectivity index (χ1n) is 7.55. The molecule has 1 aliphatic carbocycles. The van der Waals surface area contributed by atoms with Crippen molar-refractivity contribution in [3.63, 3.8) is 0 Å². The van der Waals surface area contributed by atoms with Gasteiger partial charge in [-0.2, -0.15) is 5.26 Å². The van der Waals surface area contributed by atoms with Crippen LogP contribution in [0.15, 0.2) is 48.7 Å². The van der Waals surface area contributed by atoms with Crippen LogP contribution < -0.4 is 5.32 Å². The van der Waals surface area contributed by atoms with E-state index in [1.807, 2.05) is 36.4 Å². The van der Waals surface area contributed by atoms with Gasteiger partial charge in [-0.25, -0.2) is 0 Å². The van der Waals surface area contributed by atoms with Crippen LogP contribution in [0.25, 0.3) is 0 Å². The zero-order valence-corrected chi connectivity index (χ0v) is 12.5. The lowest BCUT2D eigenvalue weighted by molar-refractivity contribution is -0.123. The minimum atomic E-state index is -0.549. The maximum absolute atomic E-state index is 12.4. The summed E-state index contributed by atoms with van der Waals surface area (Å²) in [6, 6.07) is 14.7. The summed E-state index contributed by atoms with van der Waals surface area (Å²) in [4.78, 5) is 16.5. The number of hydrogen-bond acceptors (Lipinski definition) is 4. The fourth-order valence-electron chi connectivity index (χ4n) is 2.72. The van der Waals surface area contributed by atoms with Crippen LogP contribution >= 0.6 is 0 Å². The van der Waals surface area contributed by atoms with Crippen LogP contribution in [0.1, 0.15) is 35.2 Å². The molecule has 1 aromatic carbocycles. The normalized spacial score (nSPS) is 20.3. The Hall–Kier alpha value is -2.71. The van der Waals surface area contributed by atoms with E-state index in [-0.39, 0.29) is 24.3 Å². The number of carbonyl (C=O) groups excluding carboxylic acids is 1.